The van der Waals surface area contributed by atoms with E-state index in [4.69, 9.17) is 5.73 Å². The van der Waals surface area contributed by atoms with Gasteiger partial charge in [-0.15, -0.1) is 0 Å². The molecule has 1 rings (SSSR count). The van der Waals surface area contributed by atoms with Crippen LogP contribution in [0.4, 0.5) is 0 Å². The molecule has 19 heavy (non-hydrogen) atoms. The minimum Gasteiger partial charge on any atom is -0.342 e. The minimum absolute atomic E-state index is 0.0141. The maximum absolute atomic E-state index is 12.3. The third-order valence-electron chi connectivity index (χ3n) is 2.82. The lowest BCUT2D eigenvalue weighted by Crippen LogP contribution is -2.28. The van der Waals surface area contributed by atoms with Gasteiger partial charge in [0.05, 0.1) is 17.7 Å². The maximum atomic E-state index is 12.3. The number of unbranched alkanes of at least 4 members (excludes halogenated alkanes) is 2. The van der Waals surface area contributed by atoms with Crippen LogP contribution in [0.5, 0.6) is 0 Å². The molecule has 4 nitrogen and oxygen atoms in total. The number of pyridine rings is 1. The molecule has 1 aromatic rings. The van der Waals surface area contributed by atoms with Gasteiger partial charge in [-0.2, -0.15) is 0 Å². The topological polar surface area (TPSA) is 59.2 Å². The summed E-state index contributed by atoms with van der Waals surface area (Å²) in [5.74, 6) is 5.64. The summed E-state index contributed by atoms with van der Waals surface area (Å²) in [7, 11) is 1.82. The third-order valence-corrected chi connectivity index (χ3v) is 2.82. The van der Waals surface area contributed by atoms with Crippen molar-refractivity contribution in [3.8, 4) is 11.8 Å². The zero-order valence-electron chi connectivity index (χ0n) is 11.6. The number of aromatic nitrogens is 1. The zero-order valence-corrected chi connectivity index (χ0v) is 11.6. The van der Waals surface area contributed by atoms with Gasteiger partial charge in [-0.3, -0.25) is 9.78 Å². The number of nitrogens with zero attached hydrogens (tertiary/aromatic N) is 2. The number of nitrogens with two attached hydrogens (primary N) is 1. The Morgan fingerprint density at radius 2 is 2.26 bits per heavy atom. The second kappa shape index (κ2) is 8.28. The van der Waals surface area contributed by atoms with Gasteiger partial charge in [0.2, 0.25) is 0 Å². The molecule has 0 fully saturated rings. The van der Waals surface area contributed by atoms with Crippen molar-refractivity contribution < 1.29 is 4.79 Å². The first-order valence-electron chi connectivity index (χ1n) is 6.59. The molecular weight excluding hydrogens is 238 g/mol. The standard InChI is InChI=1S/C15H21N3O/c1-3-4-5-11-18(2)15(19)14-8-10-17-12-13(14)7-6-9-16/h8,10,12H,3-5,9,11,16H2,1-2H3. The SMILES string of the molecule is CCCCCN(C)C(=O)c1ccncc1C#CCN. The largest absolute Gasteiger partial charge is 0.342 e. The highest BCUT2D eigenvalue weighted by atomic mass is 16.2. The number of amides is 1. The molecule has 2 N–H and O–H groups in total. The van der Waals surface area contributed by atoms with Crippen molar-refractivity contribution in [3.05, 3.63) is 29.6 Å². The molecule has 0 spiro atoms. The van der Waals surface area contributed by atoms with E-state index in [0.29, 0.717) is 11.1 Å². The monoisotopic (exact) mass is 259 g/mol. The average molecular weight is 259 g/mol. The molecule has 102 valence electrons. The Kier molecular flexibility index (Phi) is 6.62. The van der Waals surface area contributed by atoms with Crippen molar-refractivity contribution in [3.63, 3.8) is 0 Å². The molecule has 0 unspecified atom stereocenters. The van der Waals surface area contributed by atoms with E-state index in [1.165, 1.54) is 0 Å². The fraction of sp³-hybridized carbons (Fsp3) is 0.467. The summed E-state index contributed by atoms with van der Waals surface area (Å²) in [6.07, 6.45) is 6.52. The predicted molar refractivity (Wildman–Crippen MR) is 76.7 cm³/mol. The Bertz CT molecular complexity index is 474. The van der Waals surface area contributed by atoms with Crippen LogP contribution >= 0.6 is 0 Å². The Labute approximate surface area is 115 Å². The smallest absolute Gasteiger partial charge is 0.254 e. The molecule has 1 amide bonds. The minimum atomic E-state index is -0.0141. The van der Waals surface area contributed by atoms with Gasteiger partial charge in [-0.05, 0) is 12.5 Å². The fourth-order valence-electron chi connectivity index (χ4n) is 1.73. The van der Waals surface area contributed by atoms with Crippen LogP contribution in [0.25, 0.3) is 0 Å². The Morgan fingerprint density at radius 3 is 2.95 bits per heavy atom. The van der Waals surface area contributed by atoms with Crippen molar-refractivity contribution in [2.75, 3.05) is 20.1 Å². The van der Waals surface area contributed by atoms with Crippen LogP contribution in [0.1, 0.15) is 42.1 Å². The molecule has 4 heteroatoms. The van der Waals surface area contributed by atoms with E-state index in [-0.39, 0.29) is 12.5 Å². The number of hydrogen-bond donors (Lipinski definition) is 1. The van der Waals surface area contributed by atoms with Crippen LogP contribution in [-0.4, -0.2) is 35.9 Å². The van der Waals surface area contributed by atoms with E-state index in [0.717, 1.165) is 25.8 Å². The Morgan fingerprint density at radius 1 is 1.47 bits per heavy atom. The second-order valence-electron chi connectivity index (χ2n) is 4.36. The first-order chi connectivity index (χ1) is 9.20. The Hall–Kier alpha value is -1.86. The lowest BCUT2D eigenvalue weighted by molar-refractivity contribution is 0.0792. The summed E-state index contributed by atoms with van der Waals surface area (Å²) in [6, 6.07) is 1.71. The van der Waals surface area contributed by atoms with Crippen molar-refractivity contribution in [2.45, 2.75) is 26.2 Å². The summed E-state index contributed by atoms with van der Waals surface area (Å²) >= 11 is 0. The van der Waals surface area contributed by atoms with E-state index in [1.807, 2.05) is 7.05 Å². The van der Waals surface area contributed by atoms with Gasteiger partial charge in [0.25, 0.3) is 5.91 Å². The van der Waals surface area contributed by atoms with Crippen LogP contribution in [0.2, 0.25) is 0 Å². The van der Waals surface area contributed by atoms with E-state index in [9.17, 15) is 4.79 Å². The van der Waals surface area contributed by atoms with Crippen LogP contribution in [-0.2, 0) is 0 Å². The molecule has 1 heterocycles. The highest BCUT2D eigenvalue weighted by Gasteiger charge is 2.14. The second-order valence-corrected chi connectivity index (χ2v) is 4.36. The summed E-state index contributed by atoms with van der Waals surface area (Å²) in [4.78, 5) is 18.1. The normalized spacial score (nSPS) is 9.63. The van der Waals surface area contributed by atoms with E-state index in [1.54, 1.807) is 23.4 Å². The molecule has 0 aliphatic heterocycles. The lowest BCUT2D eigenvalue weighted by Gasteiger charge is -2.17. The van der Waals surface area contributed by atoms with Crippen LogP contribution in [0.15, 0.2) is 18.5 Å². The molecule has 0 saturated heterocycles. The molecule has 0 bridgehead atoms. The number of rotatable bonds is 5. The average Bonchev–Trinajstić information content (AvgIpc) is 2.44. The van der Waals surface area contributed by atoms with Crippen LogP contribution in [0, 0.1) is 11.8 Å². The molecule has 0 aliphatic rings. The van der Waals surface area contributed by atoms with Gasteiger partial charge in [-0.1, -0.05) is 31.6 Å². The van der Waals surface area contributed by atoms with Gasteiger partial charge < -0.3 is 10.6 Å². The highest BCUT2D eigenvalue weighted by molar-refractivity contribution is 5.96. The van der Waals surface area contributed by atoms with E-state index < -0.39 is 0 Å². The Balaban J connectivity index is 2.81. The van der Waals surface area contributed by atoms with Crippen LogP contribution in [0.3, 0.4) is 0 Å². The summed E-state index contributed by atoms with van der Waals surface area (Å²) in [6.45, 7) is 3.18. The van der Waals surface area contributed by atoms with Crippen molar-refractivity contribution in [1.82, 2.24) is 9.88 Å². The first kappa shape index (κ1) is 15.2. The number of carbonyl (C=O) groups excluding carboxylic acids is 1. The highest BCUT2D eigenvalue weighted by Crippen LogP contribution is 2.09. The van der Waals surface area contributed by atoms with Crippen molar-refractivity contribution >= 4 is 5.91 Å². The van der Waals surface area contributed by atoms with Gasteiger partial charge in [-0.25, -0.2) is 0 Å². The zero-order chi connectivity index (χ0) is 14.1. The quantitative estimate of drug-likeness (QED) is 0.646. The number of hydrogen-bond acceptors (Lipinski definition) is 3. The maximum Gasteiger partial charge on any atom is 0.254 e. The third kappa shape index (κ3) is 4.72. The summed E-state index contributed by atoms with van der Waals surface area (Å²) in [5, 5.41) is 0. The van der Waals surface area contributed by atoms with Gasteiger partial charge in [0.1, 0.15) is 0 Å². The molecule has 0 radical (unpaired) electrons. The summed E-state index contributed by atoms with van der Waals surface area (Å²) in [5.41, 5.74) is 6.59. The lowest BCUT2D eigenvalue weighted by atomic mass is 10.1. The molecule has 0 aliphatic carbocycles. The molecular formula is C15H21N3O. The molecule has 0 saturated carbocycles. The fourth-order valence-corrected chi connectivity index (χ4v) is 1.73. The van der Waals surface area contributed by atoms with E-state index >= 15 is 0 Å². The molecule has 1 aromatic heterocycles. The predicted octanol–water partition coefficient (Wildman–Crippen LogP) is 1.65. The first-order valence-corrected chi connectivity index (χ1v) is 6.59. The molecule has 0 aromatic carbocycles. The van der Waals surface area contributed by atoms with E-state index in [2.05, 4.69) is 23.7 Å². The van der Waals surface area contributed by atoms with Gasteiger partial charge in [0, 0.05) is 26.0 Å². The van der Waals surface area contributed by atoms with Gasteiger partial charge in [0.15, 0.2) is 0 Å². The molecule has 0 atom stereocenters. The van der Waals surface area contributed by atoms with Gasteiger partial charge >= 0.3 is 0 Å². The number of carbonyl (C=O) groups is 1. The summed E-state index contributed by atoms with van der Waals surface area (Å²) < 4.78 is 0. The van der Waals surface area contributed by atoms with Crippen molar-refractivity contribution in [2.24, 2.45) is 5.73 Å². The van der Waals surface area contributed by atoms with Crippen LogP contribution < -0.4 is 5.73 Å². The van der Waals surface area contributed by atoms with Crippen molar-refractivity contribution in [1.29, 1.82) is 0 Å².